The fraction of sp³-hybridized carbons (Fsp3) is 0.143. The van der Waals surface area contributed by atoms with Crippen molar-refractivity contribution in [2.24, 2.45) is 5.73 Å². The Kier molecular flexibility index (Phi) is 4.80. The molecule has 2 aromatic carbocycles. The van der Waals surface area contributed by atoms with Crippen LogP contribution in [-0.4, -0.2) is 6.54 Å². The van der Waals surface area contributed by atoms with E-state index in [9.17, 15) is 4.39 Å². The Morgan fingerprint density at radius 3 is 2.68 bits per heavy atom. The summed E-state index contributed by atoms with van der Waals surface area (Å²) in [6.07, 6.45) is 0. The van der Waals surface area contributed by atoms with Gasteiger partial charge in [0.2, 0.25) is 0 Å². The summed E-state index contributed by atoms with van der Waals surface area (Å²) in [6, 6.07) is 11.9. The summed E-state index contributed by atoms with van der Waals surface area (Å²) in [7, 11) is 0. The lowest BCUT2D eigenvalue weighted by molar-refractivity contribution is 0.592. The summed E-state index contributed by atoms with van der Waals surface area (Å²) >= 11 is 9.15. The zero-order chi connectivity index (χ0) is 13.8. The van der Waals surface area contributed by atoms with Gasteiger partial charge >= 0.3 is 0 Å². The molecule has 0 aliphatic carbocycles. The van der Waals surface area contributed by atoms with E-state index in [1.54, 1.807) is 24.3 Å². The van der Waals surface area contributed by atoms with E-state index in [0.717, 1.165) is 5.69 Å². The minimum absolute atomic E-state index is 0.283. The van der Waals surface area contributed by atoms with E-state index in [4.69, 9.17) is 17.3 Å². The summed E-state index contributed by atoms with van der Waals surface area (Å²) in [4.78, 5) is 0. The zero-order valence-electron chi connectivity index (χ0n) is 10.0. The van der Waals surface area contributed by atoms with Crippen molar-refractivity contribution in [1.82, 2.24) is 0 Å². The minimum atomic E-state index is -0.299. The molecular formula is C14H13BrClFN2. The molecule has 2 rings (SSSR count). The third kappa shape index (κ3) is 3.69. The molecule has 0 aromatic heterocycles. The van der Waals surface area contributed by atoms with Crippen molar-refractivity contribution in [3.63, 3.8) is 0 Å². The average Bonchev–Trinajstić information content (AvgIpc) is 2.37. The molecule has 0 amide bonds. The second-order valence-electron chi connectivity index (χ2n) is 4.11. The van der Waals surface area contributed by atoms with Gasteiger partial charge in [-0.1, -0.05) is 39.7 Å². The molecule has 0 heterocycles. The quantitative estimate of drug-likeness (QED) is 0.866. The van der Waals surface area contributed by atoms with Crippen molar-refractivity contribution in [2.75, 3.05) is 11.9 Å². The molecule has 2 aromatic rings. The van der Waals surface area contributed by atoms with E-state index in [1.807, 2.05) is 12.1 Å². The van der Waals surface area contributed by atoms with Crippen LogP contribution < -0.4 is 11.1 Å². The monoisotopic (exact) mass is 342 g/mol. The van der Waals surface area contributed by atoms with Gasteiger partial charge in [-0.15, -0.1) is 0 Å². The van der Waals surface area contributed by atoms with E-state index in [1.165, 1.54) is 6.07 Å². The van der Waals surface area contributed by atoms with Crippen molar-refractivity contribution < 1.29 is 4.39 Å². The van der Waals surface area contributed by atoms with Gasteiger partial charge in [-0.05, 0) is 30.3 Å². The number of hydrogen-bond donors (Lipinski definition) is 2. The van der Waals surface area contributed by atoms with Crippen molar-refractivity contribution in [1.29, 1.82) is 0 Å². The summed E-state index contributed by atoms with van der Waals surface area (Å²) in [5.41, 5.74) is 7.07. The predicted molar refractivity (Wildman–Crippen MR) is 81.0 cm³/mol. The van der Waals surface area contributed by atoms with Gasteiger partial charge in [-0.2, -0.15) is 0 Å². The number of hydrogen-bond acceptors (Lipinski definition) is 2. The van der Waals surface area contributed by atoms with Gasteiger partial charge in [0.25, 0.3) is 0 Å². The van der Waals surface area contributed by atoms with Gasteiger partial charge in [0.15, 0.2) is 0 Å². The minimum Gasteiger partial charge on any atom is -0.377 e. The second kappa shape index (κ2) is 6.37. The zero-order valence-corrected chi connectivity index (χ0v) is 12.4. The molecule has 19 heavy (non-hydrogen) atoms. The Morgan fingerprint density at radius 1 is 1.26 bits per heavy atom. The normalized spacial score (nSPS) is 12.2. The fourth-order valence-corrected chi connectivity index (χ4v) is 2.35. The molecule has 3 N–H and O–H groups in total. The first kappa shape index (κ1) is 14.3. The van der Waals surface area contributed by atoms with Crippen LogP contribution in [0.3, 0.4) is 0 Å². The Balaban J connectivity index is 2.25. The van der Waals surface area contributed by atoms with Gasteiger partial charge in [-0.3, -0.25) is 0 Å². The van der Waals surface area contributed by atoms with Crippen LogP contribution in [-0.2, 0) is 0 Å². The molecule has 0 aliphatic heterocycles. The van der Waals surface area contributed by atoms with Crippen LogP contribution in [0.2, 0.25) is 5.02 Å². The van der Waals surface area contributed by atoms with Crippen LogP contribution in [0.4, 0.5) is 10.1 Å². The highest BCUT2D eigenvalue weighted by Gasteiger charge is 2.14. The van der Waals surface area contributed by atoms with Gasteiger partial charge in [0.1, 0.15) is 5.82 Å². The SMILES string of the molecule is NCC(Nc1cccc(Cl)c1)c1ccc(Br)cc1F. The molecule has 0 saturated carbocycles. The van der Waals surface area contributed by atoms with E-state index in [0.29, 0.717) is 15.1 Å². The maximum atomic E-state index is 13.9. The molecule has 5 heteroatoms. The van der Waals surface area contributed by atoms with E-state index in [2.05, 4.69) is 21.2 Å². The van der Waals surface area contributed by atoms with Crippen molar-refractivity contribution >= 4 is 33.2 Å². The van der Waals surface area contributed by atoms with Crippen LogP contribution in [0, 0.1) is 5.82 Å². The lowest BCUT2D eigenvalue weighted by atomic mass is 10.1. The van der Waals surface area contributed by atoms with Crippen molar-refractivity contribution in [3.8, 4) is 0 Å². The number of nitrogens with two attached hydrogens (primary N) is 1. The topological polar surface area (TPSA) is 38.0 Å². The Bertz CT molecular complexity index is 577. The number of rotatable bonds is 4. The molecule has 1 unspecified atom stereocenters. The lowest BCUT2D eigenvalue weighted by Gasteiger charge is -2.19. The summed E-state index contributed by atoms with van der Waals surface area (Å²) in [6.45, 7) is 0.283. The Hall–Kier alpha value is -1.10. The van der Waals surface area contributed by atoms with Crippen LogP contribution in [0.5, 0.6) is 0 Å². The summed E-state index contributed by atoms with van der Waals surface area (Å²) in [5.74, 6) is -0.292. The molecule has 2 nitrogen and oxygen atoms in total. The van der Waals surface area contributed by atoms with Crippen LogP contribution in [0.15, 0.2) is 46.9 Å². The van der Waals surface area contributed by atoms with Gasteiger partial charge in [0, 0.05) is 27.3 Å². The molecule has 0 aliphatic rings. The average molecular weight is 344 g/mol. The first-order valence-corrected chi connectivity index (χ1v) is 6.94. The Labute approximate surface area is 124 Å². The summed E-state index contributed by atoms with van der Waals surface area (Å²) < 4.78 is 14.6. The maximum Gasteiger partial charge on any atom is 0.129 e. The van der Waals surface area contributed by atoms with E-state index in [-0.39, 0.29) is 18.4 Å². The number of anilines is 1. The molecule has 0 bridgehead atoms. The highest BCUT2D eigenvalue weighted by atomic mass is 79.9. The standard InChI is InChI=1S/C14H13BrClFN2/c15-9-4-5-12(13(17)6-9)14(8-18)19-11-3-1-2-10(16)7-11/h1-7,14,19H,8,18H2. The fourth-order valence-electron chi connectivity index (χ4n) is 1.83. The van der Waals surface area contributed by atoms with E-state index < -0.39 is 0 Å². The molecule has 0 fully saturated rings. The van der Waals surface area contributed by atoms with Gasteiger partial charge < -0.3 is 11.1 Å². The first-order valence-electron chi connectivity index (χ1n) is 5.77. The third-order valence-corrected chi connectivity index (χ3v) is 3.47. The Morgan fingerprint density at radius 2 is 2.05 bits per heavy atom. The molecule has 0 saturated heterocycles. The van der Waals surface area contributed by atoms with Gasteiger partial charge in [0.05, 0.1) is 6.04 Å². The number of nitrogens with one attached hydrogen (secondary N) is 1. The van der Waals surface area contributed by atoms with Crippen LogP contribution >= 0.6 is 27.5 Å². The first-order chi connectivity index (χ1) is 9.10. The molecule has 1 atom stereocenters. The number of halogens is 3. The summed E-state index contributed by atoms with van der Waals surface area (Å²) in [5, 5.41) is 3.80. The van der Waals surface area contributed by atoms with E-state index >= 15 is 0 Å². The van der Waals surface area contributed by atoms with Crippen molar-refractivity contribution in [3.05, 3.63) is 63.3 Å². The second-order valence-corrected chi connectivity index (χ2v) is 5.46. The third-order valence-electron chi connectivity index (χ3n) is 2.74. The molecule has 0 spiro atoms. The van der Waals surface area contributed by atoms with Gasteiger partial charge in [-0.25, -0.2) is 4.39 Å². The highest BCUT2D eigenvalue weighted by Crippen LogP contribution is 2.25. The highest BCUT2D eigenvalue weighted by molar-refractivity contribution is 9.10. The van der Waals surface area contributed by atoms with Crippen LogP contribution in [0.1, 0.15) is 11.6 Å². The lowest BCUT2D eigenvalue weighted by Crippen LogP contribution is -2.21. The number of benzene rings is 2. The molecule has 100 valence electrons. The molecular weight excluding hydrogens is 331 g/mol. The van der Waals surface area contributed by atoms with Crippen LogP contribution in [0.25, 0.3) is 0 Å². The maximum absolute atomic E-state index is 13.9. The smallest absolute Gasteiger partial charge is 0.129 e. The van der Waals surface area contributed by atoms with Crippen molar-refractivity contribution in [2.45, 2.75) is 6.04 Å². The predicted octanol–water partition coefficient (Wildman–Crippen LogP) is 4.35. The largest absolute Gasteiger partial charge is 0.377 e. The molecule has 0 radical (unpaired) electrons.